The summed E-state index contributed by atoms with van der Waals surface area (Å²) in [4.78, 5) is 10.7. The van der Waals surface area contributed by atoms with Gasteiger partial charge in [-0.15, -0.1) is 0 Å². The van der Waals surface area contributed by atoms with Crippen molar-refractivity contribution in [2.24, 2.45) is 0 Å². The maximum Gasteiger partial charge on any atom is 0.490 e. The molecule has 0 bridgehead atoms. The molecule has 5 heteroatoms. The van der Waals surface area contributed by atoms with E-state index in [1.54, 1.807) is 18.2 Å². The van der Waals surface area contributed by atoms with Gasteiger partial charge in [-0.3, -0.25) is 4.79 Å². The molecule has 13 heavy (non-hydrogen) atoms. The number of rotatable bonds is 2. The summed E-state index contributed by atoms with van der Waals surface area (Å²) in [6, 6.07) is 6.52. The average Bonchev–Trinajstić information content (AvgIpc) is 2.03. The molecule has 0 aromatic heterocycles. The fourth-order valence-corrected chi connectivity index (χ4v) is 1.03. The van der Waals surface area contributed by atoms with Crippen molar-refractivity contribution < 1.29 is 14.8 Å². The SMILES string of the molecule is CC(=O)Nc1ccccc1B(O)O. The lowest BCUT2D eigenvalue weighted by Gasteiger charge is -2.07. The molecule has 0 spiro atoms. The molecule has 0 heterocycles. The Morgan fingerprint density at radius 3 is 2.54 bits per heavy atom. The molecule has 1 aromatic carbocycles. The van der Waals surface area contributed by atoms with Gasteiger partial charge in [0.25, 0.3) is 0 Å². The molecule has 0 radical (unpaired) electrons. The van der Waals surface area contributed by atoms with Gasteiger partial charge in [0.1, 0.15) is 0 Å². The number of anilines is 1. The fourth-order valence-electron chi connectivity index (χ4n) is 1.03. The van der Waals surface area contributed by atoms with E-state index in [2.05, 4.69) is 5.32 Å². The lowest BCUT2D eigenvalue weighted by atomic mass is 9.79. The summed E-state index contributed by atoms with van der Waals surface area (Å²) < 4.78 is 0. The van der Waals surface area contributed by atoms with E-state index < -0.39 is 7.12 Å². The second-order valence-electron chi connectivity index (χ2n) is 2.64. The van der Waals surface area contributed by atoms with Crippen molar-refractivity contribution >= 4 is 24.2 Å². The van der Waals surface area contributed by atoms with Crippen LogP contribution in [0.15, 0.2) is 24.3 Å². The van der Waals surface area contributed by atoms with Gasteiger partial charge in [-0.05, 0) is 6.07 Å². The zero-order valence-electron chi connectivity index (χ0n) is 7.19. The first-order valence-corrected chi connectivity index (χ1v) is 3.84. The van der Waals surface area contributed by atoms with Gasteiger partial charge in [-0.2, -0.15) is 0 Å². The van der Waals surface area contributed by atoms with Crippen LogP contribution in [0.1, 0.15) is 6.92 Å². The second kappa shape index (κ2) is 4.07. The van der Waals surface area contributed by atoms with Crippen LogP contribution in [0, 0.1) is 0 Å². The molecule has 4 nitrogen and oxygen atoms in total. The summed E-state index contributed by atoms with van der Waals surface area (Å²) in [6.07, 6.45) is 0. The number of benzene rings is 1. The first kappa shape index (κ1) is 9.76. The van der Waals surface area contributed by atoms with Crippen LogP contribution < -0.4 is 10.8 Å². The maximum atomic E-state index is 10.7. The van der Waals surface area contributed by atoms with Gasteiger partial charge in [0.2, 0.25) is 5.91 Å². The van der Waals surface area contributed by atoms with Gasteiger partial charge < -0.3 is 15.4 Å². The second-order valence-corrected chi connectivity index (χ2v) is 2.64. The molecular formula is C8H10BNO3. The number of hydrogen-bond donors (Lipinski definition) is 3. The highest BCUT2D eigenvalue weighted by atomic mass is 16.4. The molecule has 0 fully saturated rings. The Bertz CT molecular complexity index is 314. The Balaban J connectivity index is 2.97. The number of para-hydroxylation sites is 1. The van der Waals surface area contributed by atoms with Crippen LogP contribution in [-0.4, -0.2) is 23.1 Å². The van der Waals surface area contributed by atoms with Crippen LogP contribution in [0.4, 0.5) is 5.69 Å². The lowest BCUT2D eigenvalue weighted by Crippen LogP contribution is -2.32. The summed E-state index contributed by atoms with van der Waals surface area (Å²) in [5.41, 5.74) is 0.711. The Morgan fingerprint density at radius 1 is 1.38 bits per heavy atom. The van der Waals surface area contributed by atoms with Crippen molar-refractivity contribution in [3.63, 3.8) is 0 Å². The van der Waals surface area contributed by atoms with Crippen molar-refractivity contribution in [3.05, 3.63) is 24.3 Å². The van der Waals surface area contributed by atoms with E-state index in [-0.39, 0.29) is 11.4 Å². The Hall–Kier alpha value is -1.33. The van der Waals surface area contributed by atoms with Gasteiger partial charge in [-0.25, -0.2) is 0 Å². The quantitative estimate of drug-likeness (QED) is 0.527. The standard InChI is InChI=1S/C8H10BNO3/c1-6(11)10-8-5-3-2-4-7(8)9(12)13/h2-5,12-13H,1H3,(H,10,11). The zero-order valence-corrected chi connectivity index (χ0v) is 7.19. The number of carbonyl (C=O) groups is 1. The van der Waals surface area contributed by atoms with E-state index >= 15 is 0 Å². The molecule has 0 aliphatic heterocycles. The van der Waals surface area contributed by atoms with Gasteiger partial charge in [0.05, 0.1) is 0 Å². The molecule has 0 saturated heterocycles. The van der Waals surface area contributed by atoms with Crippen molar-refractivity contribution in [1.29, 1.82) is 0 Å². The topological polar surface area (TPSA) is 69.6 Å². The normalized spacial score (nSPS) is 9.46. The highest BCUT2D eigenvalue weighted by Gasteiger charge is 2.15. The Morgan fingerprint density at radius 2 is 2.00 bits per heavy atom. The van der Waals surface area contributed by atoms with E-state index in [1.807, 2.05) is 0 Å². The summed E-state index contributed by atoms with van der Waals surface area (Å²) in [5.74, 6) is -0.242. The summed E-state index contributed by atoms with van der Waals surface area (Å²) in [7, 11) is -1.57. The van der Waals surface area contributed by atoms with Crippen LogP contribution in [0.25, 0.3) is 0 Å². The van der Waals surface area contributed by atoms with Gasteiger partial charge in [0.15, 0.2) is 0 Å². The summed E-state index contributed by atoms with van der Waals surface area (Å²) >= 11 is 0. The molecular weight excluding hydrogens is 169 g/mol. The minimum absolute atomic E-state index is 0.242. The Kier molecular flexibility index (Phi) is 3.05. The van der Waals surface area contributed by atoms with Gasteiger partial charge >= 0.3 is 7.12 Å². The predicted octanol–water partition coefficient (Wildman–Crippen LogP) is -0.675. The summed E-state index contributed by atoms with van der Waals surface area (Å²) in [6.45, 7) is 1.36. The largest absolute Gasteiger partial charge is 0.490 e. The van der Waals surface area contributed by atoms with Crippen LogP contribution >= 0.6 is 0 Å². The molecule has 0 saturated carbocycles. The zero-order chi connectivity index (χ0) is 9.84. The molecule has 1 rings (SSSR count). The minimum Gasteiger partial charge on any atom is -0.423 e. The van der Waals surface area contributed by atoms with E-state index in [0.29, 0.717) is 5.69 Å². The Labute approximate surface area is 76.4 Å². The highest BCUT2D eigenvalue weighted by molar-refractivity contribution is 6.60. The molecule has 1 aromatic rings. The maximum absolute atomic E-state index is 10.7. The molecule has 3 N–H and O–H groups in total. The van der Waals surface area contributed by atoms with Gasteiger partial charge in [-0.1, -0.05) is 18.2 Å². The molecule has 0 unspecified atom stereocenters. The van der Waals surface area contributed by atoms with Crippen LogP contribution in [0.3, 0.4) is 0 Å². The summed E-state index contributed by atoms with van der Waals surface area (Å²) in [5, 5.41) is 20.3. The first-order chi connectivity index (χ1) is 6.11. The fraction of sp³-hybridized carbons (Fsp3) is 0.125. The first-order valence-electron chi connectivity index (χ1n) is 3.84. The third kappa shape index (κ3) is 2.57. The van der Waals surface area contributed by atoms with E-state index in [1.165, 1.54) is 13.0 Å². The number of nitrogens with one attached hydrogen (secondary N) is 1. The van der Waals surface area contributed by atoms with Crippen LogP contribution in [-0.2, 0) is 4.79 Å². The van der Waals surface area contributed by atoms with Crippen molar-refractivity contribution in [2.75, 3.05) is 5.32 Å². The number of carbonyl (C=O) groups excluding carboxylic acids is 1. The highest BCUT2D eigenvalue weighted by Crippen LogP contribution is 2.02. The molecule has 1 amide bonds. The molecule has 68 valence electrons. The number of hydrogen-bond acceptors (Lipinski definition) is 3. The van der Waals surface area contributed by atoms with E-state index in [0.717, 1.165) is 0 Å². The van der Waals surface area contributed by atoms with Crippen LogP contribution in [0.5, 0.6) is 0 Å². The van der Waals surface area contributed by atoms with E-state index in [4.69, 9.17) is 10.0 Å². The molecule has 0 atom stereocenters. The molecule has 0 aliphatic rings. The van der Waals surface area contributed by atoms with E-state index in [9.17, 15) is 4.79 Å². The minimum atomic E-state index is -1.57. The van der Waals surface area contributed by atoms with Crippen molar-refractivity contribution in [2.45, 2.75) is 6.92 Å². The third-order valence-electron chi connectivity index (χ3n) is 1.55. The number of amides is 1. The monoisotopic (exact) mass is 179 g/mol. The average molecular weight is 179 g/mol. The third-order valence-corrected chi connectivity index (χ3v) is 1.55. The smallest absolute Gasteiger partial charge is 0.423 e. The van der Waals surface area contributed by atoms with Crippen molar-refractivity contribution in [1.82, 2.24) is 0 Å². The van der Waals surface area contributed by atoms with Crippen LogP contribution in [0.2, 0.25) is 0 Å². The lowest BCUT2D eigenvalue weighted by molar-refractivity contribution is -0.114. The van der Waals surface area contributed by atoms with Crippen molar-refractivity contribution in [3.8, 4) is 0 Å². The van der Waals surface area contributed by atoms with Gasteiger partial charge in [0, 0.05) is 18.1 Å². The molecule has 0 aliphatic carbocycles. The predicted molar refractivity (Wildman–Crippen MR) is 50.6 cm³/mol.